The highest BCUT2D eigenvalue weighted by molar-refractivity contribution is 5.77. The van der Waals surface area contributed by atoms with Crippen molar-refractivity contribution in [3.8, 4) is 0 Å². The number of hydrogen-bond acceptors (Lipinski definition) is 1. The van der Waals surface area contributed by atoms with Crippen LogP contribution >= 0.6 is 0 Å². The molecule has 1 amide bonds. The zero-order valence-electron chi connectivity index (χ0n) is 8.51. The average molecular weight is 229 g/mol. The molecule has 1 N–H and O–H groups in total. The van der Waals surface area contributed by atoms with Crippen molar-refractivity contribution in [1.29, 1.82) is 0 Å². The van der Waals surface area contributed by atoms with Gasteiger partial charge in [-0.3, -0.25) is 4.79 Å². The predicted molar refractivity (Wildman–Crippen MR) is 46.0 cm³/mol. The van der Waals surface area contributed by atoms with E-state index in [1.165, 1.54) is 6.92 Å². The molecule has 6 fully saturated rings. The van der Waals surface area contributed by atoms with Crippen molar-refractivity contribution in [1.82, 2.24) is 5.32 Å². The van der Waals surface area contributed by atoms with Crippen LogP contribution in [-0.2, 0) is 4.79 Å². The van der Waals surface area contributed by atoms with Gasteiger partial charge < -0.3 is 5.32 Å². The first-order chi connectivity index (χ1) is 7.40. The Morgan fingerprint density at radius 3 is 1.81 bits per heavy atom. The number of amides is 1. The molecule has 0 bridgehead atoms. The molecule has 0 spiro atoms. The van der Waals surface area contributed by atoms with Crippen molar-refractivity contribution in [3.63, 3.8) is 0 Å². The average Bonchev–Trinajstić information content (AvgIpc) is 2.15. The highest BCUT2D eigenvalue weighted by Gasteiger charge is 3.14. The van der Waals surface area contributed by atoms with Gasteiger partial charge in [0.25, 0.3) is 0 Å². The second-order valence-corrected chi connectivity index (χ2v) is 6.20. The molecule has 6 rings (SSSR count). The summed E-state index contributed by atoms with van der Waals surface area (Å²) in [6, 6.07) is 0. The second-order valence-electron chi connectivity index (χ2n) is 6.20. The standard InChI is InChI=1S/C11H10F3NO/c1-2(16)15-10-6-3-7(10)5-8(10)4(6)9(3,5)11(12,13)14/h3-8H,1H3,(H,15,16). The van der Waals surface area contributed by atoms with Gasteiger partial charge in [-0.25, -0.2) is 0 Å². The highest BCUT2D eigenvalue weighted by Crippen LogP contribution is 3.08. The Balaban J connectivity index is 1.52. The lowest BCUT2D eigenvalue weighted by molar-refractivity contribution is -0.662. The van der Waals surface area contributed by atoms with E-state index < -0.39 is 11.6 Å². The fourth-order valence-electron chi connectivity index (χ4n) is 6.65. The first kappa shape index (κ1) is 8.37. The van der Waals surface area contributed by atoms with Crippen LogP contribution in [0.5, 0.6) is 0 Å². The monoisotopic (exact) mass is 229 g/mol. The van der Waals surface area contributed by atoms with Crippen LogP contribution in [0, 0.1) is 40.9 Å². The third-order valence-corrected chi connectivity index (χ3v) is 6.51. The van der Waals surface area contributed by atoms with Crippen LogP contribution in [0.25, 0.3) is 0 Å². The van der Waals surface area contributed by atoms with Gasteiger partial charge in [0.2, 0.25) is 5.91 Å². The number of halogens is 3. The Morgan fingerprint density at radius 2 is 1.50 bits per heavy atom. The summed E-state index contributed by atoms with van der Waals surface area (Å²) < 4.78 is 38.9. The quantitative estimate of drug-likeness (QED) is 0.718. The molecular formula is C11H10F3NO. The van der Waals surface area contributed by atoms with Gasteiger partial charge in [-0.05, 0) is 35.5 Å². The van der Waals surface area contributed by atoms with Gasteiger partial charge in [0.1, 0.15) is 0 Å². The molecule has 6 aliphatic rings. The van der Waals surface area contributed by atoms with E-state index >= 15 is 0 Å². The number of hydrogen-bond donors (Lipinski definition) is 1. The van der Waals surface area contributed by atoms with Crippen molar-refractivity contribution in [3.05, 3.63) is 0 Å². The number of nitrogens with one attached hydrogen (secondary N) is 1. The fourth-order valence-corrected chi connectivity index (χ4v) is 6.65. The third-order valence-electron chi connectivity index (χ3n) is 6.51. The first-order valence-electron chi connectivity index (χ1n) is 5.75. The molecule has 86 valence electrons. The number of rotatable bonds is 1. The molecule has 0 unspecified atom stereocenters. The van der Waals surface area contributed by atoms with Crippen LogP contribution in [0.3, 0.4) is 0 Å². The predicted octanol–water partition coefficient (Wildman–Crippen LogP) is 1.18. The normalized spacial score (nSPS) is 70.0. The molecule has 6 saturated carbocycles. The van der Waals surface area contributed by atoms with Crippen molar-refractivity contribution in [2.45, 2.75) is 18.6 Å². The van der Waals surface area contributed by atoms with E-state index in [9.17, 15) is 18.0 Å². The van der Waals surface area contributed by atoms with Gasteiger partial charge in [-0.15, -0.1) is 0 Å². The van der Waals surface area contributed by atoms with E-state index in [1.54, 1.807) is 0 Å². The molecule has 0 atom stereocenters. The van der Waals surface area contributed by atoms with E-state index in [1.807, 2.05) is 0 Å². The lowest BCUT2D eigenvalue weighted by atomic mass is 8.94. The summed E-state index contributed by atoms with van der Waals surface area (Å²) in [6.45, 7) is 1.46. The summed E-state index contributed by atoms with van der Waals surface area (Å²) >= 11 is 0. The molecule has 16 heavy (non-hydrogen) atoms. The molecule has 0 aromatic carbocycles. The molecule has 0 saturated heterocycles. The third kappa shape index (κ3) is 0.371. The van der Waals surface area contributed by atoms with Crippen LogP contribution in [0.2, 0.25) is 0 Å². The summed E-state index contributed by atoms with van der Waals surface area (Å²) in [4.78, 5) is 11.1. The topological polar surface area (TPSA) is 29.1 Å². The summed E-state index contributed by atoms with van der Waals surface area (Å²) in [5.41, 5.74) is -1.45. The molecule has 0 aliphatic heterocycles. The summed E-state index contributed by atoms with van der Waals surface area (Å²) in [6.07, 6.45) is -4.00. The minimum Gasteiger partial charge on any atom is -0.350 e. The molecule has 0 heterocycles. The van der Waals surface area contributed by atoms with Gasteiger partial charge in [-0.2, -0.15) is 13.2 Å². The molecular weight excluding hydrogens is 219 g/mol. The van der Waals surface area contributed by atoms with Crippen molar-refractivity contribution < 1.29 is 18.0 Å². The Labute approximate surface area is 89.6 Å². The summed E-state index contributed by atoms with van der Waals surface area (Å²) in [5, 5.41) is 2.93. The van der Waals surface area contributed by atoms with E-state index in [4.69, 9.17) is 0 Å². The van der Waals surface area contributed by atoms with E-state index in [0.29, 0.717) is 0 Å². The number of carbonyl (C=O) groups excluding carboxylic acids is 1. The fraction of sp³-hybridized carbons (Fsp3) is 0.909. The molecule has 2 nitrogen and oxygen atoms in total. The van der Waals surface area contributed by atoms with Gasteiger partial charge in [0, 0.05) is 6.92 Å². The van der Waals surface area contributed by atoms with Crippen LogP contribution in [0.1, 0.15) is 6.92 Å². The molecule has 0 radical (unpaired) electrons. The molecule has 0 aromatic heterocycles. The lowest BCUT2D eigenvalue weighted by Crippen LogP contribution is -3.16. The number of carbonyl (C=O) groups is 1. The van der Waals surface area contributed by atoms with Crippen molar-refractivity contribution in [2.75, 3.05) is 0 Å². The van der Waals surface area contributed by atoms with Crippen LogP contribution in [0.4, 0.5) is 13.2 Å². The second kappa shape index (κ2) is 1.63. The van der Waals surface area contributed by atoms with Crippen LogP contribution < -0.4 is 5.32 Å². The van der Waals surface area contributed by atoms with E-state index in [2.05, 4.69) is 5.32 Å². The van der Waals surface area contributed by atoms with Gasteiger partial charge in [-0.1, -0.05) is 0 Å². The Hall–Kier alpha value is -0.740. The minimum atomic E-state index is -4.00. The smallest absolute Gasteiger partial charge is 0.350 e. The Kier molecular flexibility index (Phi) is 0.850. The lowest BCUT2D eigenvalue weighted by Gasteiger charge is -3.10. The molecule has 0 aromatic rings. The van der Waals surface area contributed by atoms with E-state index in [0.717, 1.165) is 0 Å². The minimum absolute atomic E-state index is 0.0863. The van der Waals surface area contributed by atoms with Crippen molar-refractivity contribution >= 4 is 5.91 Å². The first-order valence-corrected chi connectivity index (χ1v) is 5.75. The number of alkyl halides is 3. The molecule has 5 heteroatoms. The summed E-state index contributed by atoms with van der Waals surface area (Å²) in [5.74, 6) is -0.0103. The van der Waals surface area contributed by atoms with Crippen LogP contribution in [-0.4, -0.2) is 17.6 Å². The maximum Gasteiger partial charge on any atom is 0.395 e. The Morgan fingerprint density at radius 1 is 1.06 bits per heavy atom. The largest absolute Gasteiger partial charge is 0.395 e. The molecule has 6 aliphatic carbocycles. The van der Waals surface area contributed by atoms with Gasteiger partial charge >= 0.3 is 6.18 Å². The van der Waals surface area contributed by atoms with Gasteiger partial charge in [0.05, 0.1) is 11.0 Å². The highest BCUT2D eigenvalue weighted by atomic mass is 19.4. The van der Waals surface area contributed by atoms with Crippen LogP contribution in [0.15, 0.2) is 0 Å². The van der Waals surface area contributed by atoms with Crippen molar-refractivity contribution in [2.24, 2.45) is 40.9 Å². The Bertz CT molecular complexity index is 415. The zero-order chi connectivity index (χ0) is 11.2. The van der Waals surface area contributed by atoms with E-state index in [-0.39, 0.29) is 47.0 Å². The SMILES string of the molecule is CC(=O)NC12C3C4C1C1C2C3C41C(F)(F)F. The summed E-state index contributed by atoms with van der Waals surface area (Å²) in [7, 11) is 0. The maximum absolute atomic E-state index is 13.0. The van der Waals surface area contributed by atoms with Gasteiger partial charge in [0.15, 0.2) is 0 Å². The zero-order valence-corrected chi connectivity index (χ0v) is 8.51. The maximum atomic E-state index is 13.0.